The summed E-state index contributed by atoms with van der Waals surface area (Å²) >= 11 is 6.29. The highest BCUT2D eigenvalue weighted by Gasteiger charge is 2.41. The lowest BCUT2D eigenvalue weighted by Crippen LogP contribution is -2.47. The van der Waals surface area contributed by atoms with E-state index < -0.39 is 22.1 Å². The molecule has 0 bridgehead atoms. The number of carboxylic acids is 1. The van der Waals surface area contributed by atoms with Gasteiger partial charge in [-0.2, -0.15) is 0 Å². The zero-order valence-corrected chi connectivity index (χ0v) is 25.6. The molecule has 0 spiro atoms. The van der Waals surface area contributed by atoms with Crippen LogP contribution in [0.1, 0.15) is 66.9 Å². The molecule has 42 heavy (non-hydrogen) atoms. The van der Waals surface area contributed by atoms with Crippen LogP contribution in [0.5, 0.6) is 5.75 Å². The van der Waals surface area contributed by atoms with Gasteiger partial charge in [-0.25, -0.2) is 18.4 Å². The van der Waals surface area contributed by atoms with Crippen molar-refractivity contribution in [2.24, 2.45) is 17.0 Å². The van der Waals surface area contributed by atoms with Crippen LogP contribution in [0.3, 0.4) is 0 Å². The summed E-state index contributed by atoms with van der Waals surface area (Å²) in [7, 11) is -3.60. The molecule has 2 aromatic carbocycles. The van der Waals surface area contributed by atoms with Crippen molar-refractivity contribution in [3.63, 3.8) is 0 Å². The van der Waals surface area contributed by atoms with Crippen LogP contribution in [0, 0.1) is 11.8 Å². The number of benzene rings is 2. The molecule has 1 saturated heterocycles. The van der Waals surface area contributed by atoms with Crippen LogP contribution in [0.25, 0.3) is 0 Å². The molecular formula is C31H41ClN2O7S. The van der Waals surface area contributed by atoms with Gasteiger partial charge in [-0.3, -0.25) is 0 Å². The number of primary sulfonamides is 1. The van der Waals surface area contributed by atoms with Gasteiger partial charge >= 0.3 is 5.97 Å². The second-order valence-electron chi connectivity index (χ2n) is 11.9. The van der Waals surface area contributed by atoms with E-state index in [-0.39, 0.29) is 23.5 Å². The van der Waals surface area contributed by atoms with E-state index in [0.717, 1.165) is 69.3 Å². The zero-order valence-electron chi connectivity index (χ0n) is 24.0. The summed E-state index contributed by atoms with van der Waals surface area (Å²) in [6.07, 6.45) is 5.88. The van der Waals surface area contributed by atoms with Gasteiger partial charge in [0.05, 0.1) is 35.3 Å². The van der Waals surface area contributed by atoms with Crippen molar-refractivity contribution >= 4 is 33.3 Å². The Labute approximate surface area is 253 Å². The van der Waals surface area contributed by atoms with Crippen molar-refractivity contribution in [1.29, 1.82) is 0 Å². The van der Waals surface area contributed by atoms with Gasteiger partial charge in [0.1, 0.15) is 12.4 Å². The number of nitrogens with two attached hydrogens (primary N) is 1. The van der Waals surface area contributed by atoms with Crippen molar-refractivity contribution in [2.45, 2.75) is 76.8 Å². The molecular weight excluding hydrogens is 580 g/mol. The van der Waals surface area contributed by atoms with Gasteiger partial charge in [-0.15, -0.1) is 0 Å². The fraction of sp³-hybridized carbons (Fsp3) is 0.581. The number of sulfonamides is 1. The fourth-order valence-electron chi connectivity index (χ4n) is 6.58. The van der Waals surface area contributed by atoms with Crippen LogP contribution < -0.4 is 14.8 Å². The van der Waals surface area contributed by atoms with E-state index in [1.165, 1.54) is 5.56 Å². The Balaban J connectivity index is 1.31. The van der Waals surface area contributed by atoms with Crippen LogP contribution in [0.2, 0.25) is 5.02 Å². The Hall–Kier alpha value is -2.37. The monoisotopic (exact) mass is 620 g/mol. The Morgan fingerprint density at radius 1 is 1.17 bits per heavy atom. The Morgan fingerprint density at radius 3 is 2.74 bits per heavy atom. The van der Waals surface area contributed by atoms with E-state index in [1.807, 2.05) is 18.2 Å². The lowest BCUT2D eigenvalue weighted by atomic mass is 9.68. The topological polar surface area (TPSA) is 128 Å². The SMILES string of the molecule is C[C@@H](CS(N)(=O)=O)O[C@@H]1CCO[C@H]([C@@H]2CC[C@H]2CN2CCCCc3cc(Cl)ccc3COc3ccc(C(=O)O)cc32)C1. The first-order chi connectivity index (χ1) is 20.1. The summed E-state index contributed by atoms with van der Waals surface area (Å²) in [5, 5.41) is 15.7. The molecule has 2 aromatic rings. The predicted octanol–water partition coefficient (Wildman–Crippen LogP) is 5.03. The number of aromatic carboxylic acids is 1. The second kappa shape index (κ2) is 13.5. The van der Waals surface area contributed by atoms with Crippen molar-refractivity contribution in [3.8, 4) is 5.75 Å². The molecule has 1 aliphatic carbocycles. The Bertz CT molecular complexity index is 1370. The van der Waals surface area contributed by atoms with Crippen molar-refractivity contribution in [3.05, 3.63) is 58.1 Å². The number of halogens is 1. The lowest BCUT2D eigenvalue weighted by molar-refractivity contribution is -0.126. The number of hydrogen-bond donors (Lipinski definition) is 2. The lowest BCUT2D eigenvalue weighted by Gasteiger charge is -2.46. The average molecular weight is 621 g/mol. The minimum atomic E-state index is -3.60. The minimum absolute atomic E-state index is 0.0356. The molecule has 0 amide bonds. The molecule has 0 unspecified atom stereocenters. The molecule has 230 valence electrons. The predicted molar refractivity (Wildman–Crippen MR) is 162 cm³/mol. The number of ether oxygens (including phenoxy) is 3. The van der Waals surface area contributed by atoms with Crippen LogP contribution in [0.4, 0.5) is 5.69 Å². The number of anilines is 1. The molecule has 2 fully saturated rings. The standard InChI is InChI=1S/C31H41ClN2O7S/c1-20(19-42(33,37)38)41-26-11-13-39-30(16-26)27-9-6-23(27)17-34-12-3-2-4-21-14-25(32)8-5-24(21)18-40-29-10-7-22(31(35)36)15-28(29)34/h5,7-8,10,14-15,20,23,26-27,30H,2-4,6,9,11-13,16-19H2,1H3,(H,35,36)(H2,33,37,38)/t20-,23-,26+,27+,30-/m0/s1. The molecule has 9 nitrogen and oxygen atoms in total. The first-order valence-corrected chi connectivity index (χ1v) is 16.9. The molecule has 3 N–H and O–H groups in total. The molecule has 2 heterocycles. The molecule has 5 atom stereocenters. The van der Waals surface area contributed by atoms with E-state index in [4.69, 9.17) is 31.0 Å². The number of carbonyl (C=O) groups is 1. The maximum Gasteiger partial charge on any atom is 0.335 e. The minimum Gasteiger partial charge on any atom is -0.487 e. The molecule has 0 radical (unpaired) electrons. The van der Waals surface area contributed by atoms with Gasteiger partial charge < -0.3 is 24.2 Å². The van der Waals surface area contributed by atoms with Crippen molar-refractivity contribution in [2.75, 3.05) is 30.3 Å². The first-order valence-electron chi connectivity index (χ1n) is 14.9. The number of rotatable bonds is 8. The fourth-order valence-corrected chi connectivity index (χ4v) is 7.51. The second-order valence-corrected chi connectivity index (χ2v) is 14.0. The van der Waals surface area contributed by atoms with Crippen LogP contribution in [-0.4, -0.2) is 63.3 Å². The number of aryl methyl sites for hydroxylation is 1. The molecule has 0 aromatic heterocycles. The van der Waals surface area contributed by atoms with Crippen molar-refractivity contribution < 1.29 is 32.5 Å². The number of hydrogen-bond acceptors (Lipinski definition) is 7. The summed E-state index contributed by atoms with van der Waals surface area (Å²) in [6, 6.07) is 11.0. The Morgan fingerprint density at radius 2 is 2.00 bits per heavy atom. The van der Waals surface area contributed by atoms with Crippen LogP contribution in [-0.2, 0) is 32.5 Å². The summed E-state index contributed by atoms with van der Waals surface area (Å²) in [4.78, 5) is 14.2. The third-order valence-corrected chi connectivity index (χ3v) is 9.96. The van der Waals surface area contributed by atoms with E-state index in [9.17, 15) is 18.3 Å². The van der Waals surface area contributed by atoms with E-state index in [1.54, 1.807) is 25.1 Å². The summed E-state index contributed by atoms with van der Waals surface area (Å²) in [6.45, 7) is 4.26. The van der Waals surface area contributed by atoms with Gasteiger partial charge in [0.25, 0.3) is 0 Å². The first kappa shape index (κ1) is 31.1. The summed E-state index contributed by atoms with van der Waals surface area (Å²) < 4.78 is 41.6. The largest absolute Gasteiger partial charge is 0.487 e. The number of fused-ring (bicyclic) bond motifs is 2. The molecule has 5 rings (SSSR count). The summed E-state index contributed by atoms with van der Waals surface area (Å²) in [5.74, 6) is 0.227. The van der Waals surface area contributed by atoms with E-state index >= 15 is 0 Å². The van der Waals surface area contributed by atoms with Gasteiger partial charge in [0.2, 0.25) is 10.0 Å². The van der Waals surface area contributed by atoms with E-state index in [0.29, 0.717) is 35.8 Å². The van der Waals surface area contributed by atoms with Crippen LogP contribution in [0.15, 0.2) is 36.4 Å². The highest BCUT2D eigenvalue weighted by Crippen LogP contribution is 2.43. The van der Waals surface area contributed by atoms with Gasteiger partial charge in [-0.1, -0.05) is 17.7 Å². The smallest absolute Gasteiger partial charge is 0.335 e. The normalized spacial score (nSPS) is 25.6. The average Bonchev–Trinajstić information content (AvgIpc) is 2.93. The summed E-state index contributed by atoms with van der Waals surface area (Å²) in [5.41, 5.74) is 3.31. The highest BCUT2D eigenvalue weighted by atomic mass is 35.5. The third-order valence-electron chi connectivity index (χ3n) is 8.79. The molecule has 3 aliphatic rings. The maximum absolute atomic E-state index is 11.9. The van der Waals surface area contributed by atoms with Gasteiger partial charge in [0.15, 0.2) is 0 Å². The highest BCUT2D eigenvalue weighted by molar-refractivity contribution is 7.89. The third kappa shape index (κ3) is 7.96. The molecule has 2 aliphatic heterocycles. The molecule has 11 heteroatoms. The molecule has 1 saturated carbocycles. The Kier molecular flexibility index (Phi) is 9.99. The van der Waals surface area contributed by atoms with Crippen LogP contribution >= 0.6 is 11.6 Å². The number of nitrogens with zero attached hydrogens (tertiary/aromatic N) is 1. The number of carboxylic acid groups (broad SMARTS) is 1. The van der Waals surface area contributed by atoms with Gasteiger partial charge in [-0.05, 0) is 98.7 Å². The maximum atomic E-state index is 11.9. The quantitative estimate of drug-likeness (QED) is 0.421. The van der Waals surface area contributed by atoms with Crippen molar-refractivity contribution in [1.82, 2.24) is 0 Å². The van der Waals surface area contributed by atoms with E-state index in [2.05, 4.69) is 4.90 Å². The van der Waals surface area contributed by atoms with Gasteiger partial charge in [0, 0.05) is 31.1 Å². The zero-order chi connectivity index (χ0) is 29.9.